The lowest BCUT2D eigenvalue weighted by Gasteiger charge is -2.30. The molecule has 0 aromatic heterocycles. The van der Waals surface area contributed by atoms with Crippen molar-refractivity contribution in [3.8, 4) is 0 Å². The second-order valence-corrected chi connectivity index (χ2v) is 2.73. The van der Waals surface area contributed by atoms with Gasteiger partial charge in [-0.3, -0.25) is 0 Å². The Kier molecular flexibility index (Phi) is 3.26. The van der Waals surface area contributed by atoms with Gasteiger partial charge in [0.25, 0.3) is 0 Å². The predicted molar refractivity (Wildman–Crippen MR) is 38.0 cm³/mol. The van der Waals surface area contributed by atoms with Crippen molar-refractivity contribution in [2.24, 2.45) is 0 Å². The van der Waals surface area contributed by atoms with Crippen LogP contribution in [0.25, 0.3) is 0 Å². The number of ether oxygens (including phenoxy) is 2. The summed E-state index contributed by atoms with van der Waals surface area (Å²) >= 11 is 0. The molecule has 1 rings (SSSR count). The van der Waals surface area contributed by atoms with E-state index in [-0.39, 0.29) is 6.10 Å². The highest BCUT2D eigenvalue weighted by atomic mass is 16.6. The van der Waals surface area contributed by atoms with Crippen molar-refractivity contribution in [3.63, 3.8) is 0 Å². The first-order chi connectivity index (χ1) is 5.24. The molecule has 1 saturated heterocycles. The number of hydrogen-bond donors (Lipinski definition) is 2. The monoisotopic (exact) mass is 162 g/mol. The minimum Gasteiger partial charge on any atom is -0.390 e. The number of aliphatic hydroxyl groups is 2. The summed E-state index contributed by atoms with van der Waals surface area (Å²) in [5.74, 6) is 0. The van der Waals surface area contributed by atoms with Gasteiger partial charge in [0.2, 0.25) is 0 Å². The fraction of sp³-hybridized carbons (Fsp3) is 1.00. The third-order valence-electron chi connectivity index (χ3n) is 1.80. The summed E-state index contributed by atoms with van der Waals surface area (Å²) < 4.78 is 9.82. The van der Waals surface area contributed by atoms with Crippen molar-refractivity contribution in [2.75, 3.05) is 13.7 Å². The van der Waals surface area contributed by atoms with E-state index in [4.69, 9.17) is 14.6 Å². The fourth-order valence-electron chi connectivity index (χ4n) is 1.17. The Bertz CT molecular complexity index is 117. The van der Waals surface area contributed by atoms with E-state index in [0.29, 0.717) is 19.4 Å². The predicted octanol–water partition coefficient (Wildman–Crippen LogP) is -0.509. The van der Waals surface area contributed by atoms with Crippen LogP contribution >= 0.6 is 0 Å². The number of rotatable bonds is 2. The zero-order valence-electron chi connectivity index (χ0n) is 6.56. The summed E-state index contributed by atoms with van der Waals surface area (Å²) in [7, 11) is 1.54. The van der Waals surface area contributed by atoms with E-state index in [9.17, 15) is 5.11 Å². The second kappa shape index (κ2) is 4.01. The highest BCUT2D eigenvalue weighted by Crippen LogP contribution is 2.17. The SMILES string of the molecule is COC[C@H]1O[C@@H](O)CC[C@@H]1O. The normalized spacial score (nSPS) is 39.0. The lowest BCUT2D eigenvalue weighted by molar-refractivity contribution is -0.210. The Morgan fingerprint density at radius 1 is 1.45 bits per heavy atom. The molecule has 1 aliphatic heterocycles. The molecular weight excluding hydrogens is 148 g/mol. The van der Waals surface area contributed by atoms with Gasteiger partial charge in [0.1, 0.15) is 6.10 Å². The van der Waals surface area contributed by atoms with Gasteiger partial charge in [-0.25, -0.2) is 0 Å². The Morgan fingerprint density at radius 3 is 2.82 bits per heavy atom. The van der Waals surface area contributed by atoms with Crippen molar-refractivity contribution in [2.45, 2.75) is 31.3 Å². The summed E-state index contributed by atoms with van der Waals surface area (Å²) in [6.07, 6.45) is -0.531. The van der Waals surface area contributed by atoms with Gasteiger partial charge in [0, 0.05) is 13.5 Å². The molecule has 0 spiro atoms. The molecule has 0 amide bonds. The van der Waals surface area contributed by atoms with Crippen LogP contribution in [0.5, 0.6) is 0 Å². The van der Waals surface area contributed by atoms with Gasteiger partial charge in [-0.15, -0.1) is 0 Å². The van der Waals surface area contributed by atoms with E-state index < -0.39 is 12.4 Å². The van der Waals surface area contributed by atoms with Crippen LogP contribution in [0.1, 0.15) is 12.8 Å². The fourth-order valence-corrected chi connectivity index (χ4v) is 1.17. The number of methoxy groups -OCH3 is 1. The number of hydrogen-bond acceptors (Lipinski definition) is 4. The minimum atomic E-state index is -0.737. The van der Waals surface area contributed by atoms with Gasteiger partial charge in [-0.2, -0.15) is 0 Å². The maximum Gasteiger partial charge on any atom is 0.155 e. The Labute approximate surface area is 65.7 Å². The minimum absolute atomic E-state index is 0.332. The molecule has 1 aliphatic rings. The van der Waals surface area contributed by atoms with Gasteiger partial charge in [-0.1, -0.05) is 0 Å². The molecule has 4 heteroatoms. The van der Waals surface area contributed by atoms with Crippen LogP contribution in [0.3, 0.4) is 0 Å². The molecule has 2 N–H and O–H groups in total. The molecule has 3 atom stereocenters. The van der Waals surface area contributed by atoms with Crippen LogP contribution in [-0.4, -0.2) is 42.4 Å². The van der Waals surface area contributed by atoms with Gasteiger partial charge in [-0.05, 0) is 6.42 Å². The van der Waals surface area contributed by atoms with Crippen LogP contribution in [-0.2, 0) is 9.47 Å². The number of aliphatic hydroxyl groups excluding tert-OH is 2. The van der Waals surface area contributed by atoms with Gasteiger partial charge in [0.15, 0.2) is 6.29 Å². The van der Waals surface area contributed by atoms with Gasteiger partial charge < -0.3 is 19.7 Å². The first-order valence-corrected chi connectivity index (χ1v) is 3.74. The summed E-state index contributed by atoms with van der Waals surface area (Å²) in [5, 5.41) is 18.3. The molecule has 1 heterocycles. The second-order valence-electron chi connectivity index (χ2n) is 2.73. The summed E-state index contributed by atoms with van der Waals surface area (Å²) in [6.45, 7) is 0.332. The van der Waals surface area contributed by atoms with E-state index in [1.807, 2.05) is 0 Å². The summed E-state index contributed by atoms with van der Waals surface area (Å²) in [4.78, 5) is 0. The molecule has 11 heavy (non-hydrogen) atoms. The van der Waals surface area contributed by atoms with Crippen LogP contribution in [0.4, 0.5) is 0 Å². The molecule has 4 nitrogen and oxygen atoms in total. The van der Waals surface area contributed by atoms with Crippen molar-refractivity contribution in [1.29, 1.82) is 0 Å². The van der Waals surface area contributed by atoms with Crippen LogP contribution in [0.15, 0.2) is 0 Å². The molecule has 0 saturated carbocycles. The molecule has 0 aliphatic carbocycles. The molecule has 0 unspecified atom stereocenters. The Morgan fingerprint density at radius 2 is 2.18 bits per heavy atom. The lowest BCUT2D eigenvalue weighted by atomic mass is 10.1. The third-order valence-corrected chi connectivity index (χ3v) is 1.80. The maximum absolute atomic E-state index is 9.30. The molecule has 0 radical (unpaired) electrons. The zero-order chi connectivity index (χ0) is 8.27. The summed E-state index contributed by atoms with van der Waals surface area (Å²) in [6, 6.07) is 0. The van der Waals surface area contributed by atoms with Crippen LogP contribution in [0.2, 0.25) is 0 Å². The highest BCUT2D eigenvalue weighted by molar-refractivity contribution is 4.74. The van der Waals surface area contributed by atoms with Crippen molar-refractivity contribution >= 4 is 0 Å². The van der Waals surface area contributed by atoms with Crippen molar-refractivity contribution in [1.82, 2.24) is 0 Å². The molecule has 66 valence electrons. The van der Waals surface area contributed by atoms with Gasteiger partial charge in [0.05, 0.1) is 12.7 Å². The highest BCUT2D eigenvalue weighted by Gasteiger charge is 2.28. The quantitative estimate of drug-likeness (QED) is 0.574. The molecule has 1 fully saturated rings. The van der Waals surface area contributed by atoms with E-state index in [1.165, 1.54) is 7.11 Å². The lowest BCUT2D eigenvalue weighted by Crippen LogP contribution is -2.41. The first kappa shape index (κ1) is 8.93. The van der Waals surface area contributed by atoms with E-state index in [2.05, 4.69) is 0 Å². The molecule has 0 aromatic carbocycles. The summed E-state index contributed by atoms with van der Waals surface area (Å²) in [5.41, 5.74) is 0. The van der Waals surface area contributed by atoms with Crippen LogP contribution in [0, 0.1) is 0 Å². The first-order valence-electron chi connectivity index (χ1n) is 3.74. The largest absolute Gasteiger partial charge is 0.390 e. The smallest absolute Gasteiger partial charge is 0.155 e. The Balaban J connectivity index is 2.34. The standard InChI is InChI=1S/C7H14O4/c1-10-4-6-5(8)2-3-7(9)11-6/h5-9H,2-4H2,1H3/t5-,6+,7+/m0/s1. The van der Waals surface area contributed by atoms with Gasteiger partial charge >= 0.3 is 0 Å². The Hall–Kier alpha value is -0.160. The molecule has 0 bridgehead atoms. The van der Waals surface area contributed by atoms with E-state index >= 15 is 0 Å². The third kappa shape index (κ3) is 2.41. The topological polar surface area (TPSA) is 58.9 Å². The van der Waals surface area contributed by atoms with Crippen molar-refractivity contribution in [3.05, 3.63) is 0 Å². The average Bonchev–Trinajstić information content (AvgIpc) is 1.98. The van der Waals surface area contributed by atoms with E-state index in [1.54, 1.807) is 0 Å². The zero-order valence-corrected chi connectivity index (χ0v) is 6.56. The van der Waals surface area contributed by atoms with Crippen LogP contribution < -0.4 is 0 Å². The van der Waals surface area contributed by atoms with E-state index in [0.717, 1.165) is 0 Å². The molecule has 0 aromatic rings. The van der Waals surface area contributed by atoms with Crippen molar-refractivity contribution < 1.29 is 19.7 Å². The average molecular weight is 162 g/mol. The maximum atomic E-state index is 9.30. The molecular formula is C7H14O4.